The average Bonchev–Trinajstić information content (AvgIpc) is 3.45. The van der Waals surface area contributed by atoms with Gasteiger partial charge in [-0.05, 0) is 42.7 Å². The van der Waals surface area contributed by atoms with Crippen molar-refractivity contribution in [1.82, 2.24) is 9.55 Å². The number of pyridine rings is 2. The molecule has 258 valence electrons. The first kappa shape index (κ1) is 34.5. The third kappa shape index (κ3) is 6.64. The Kier molecular flexibility index (Phi) is 10.00. The van der Waals surface area contributed by atoms with E-state index in [1.54, 1.807) is 29.7 Å². The molecule has 3 aromatic rings. The number of benzene rings is 1. The number of fused-ring (bicyclic) bond motifs is 5. The number of rotatable bonds is 11. The monoisotopic (exact) mass is 738 g/mol. The SMILES string of the molecule is CC[C@@]1(OC(=O)CCCBr)C(=O)OCc2c1cc1n(c2=O)Cc2c-1nc1ccccc1c2CO[C@@H]1C=C[C@H](OC(C)=O)C(COC(C)=O)O1. The summed E-state index contributed by atoms with van der Waals surface area (Å²) in [5.41, 5.74) is 1.60. The second-order valence-electron chi connectivity index (χ2n) is 11.9. The summed E-state index contributed by atoms with van der Waals surface area (Å²) in [4.78, 5) is 68.3. The van der Waals surface area contributed by atoms with Gasteiger partial charge in [0, 0.05) is 42.1 Å². The normalized spacial score (nSPS) is 22.1. The number of halogens is 1. The number of aromatic nitrogens is 2. The number of hydrogen-bond acceptors (Lipinski definition) is 12. The van der Waals surface area contributed by atoms with Crippen molar-refractivity contribution < 1.29 is 47.6 Å². The van der Waals surface area contributed by atoms with E-state index in [9.17, 15) is 24.0 Å². The van der Waals surface area contributed by atoms with Crippen LogP contribution in [-0.2, 0) is 73.0 Å². The van der Waals surface area contributed by atoms with E-state index in [0.29, 0.717) is 34.2 Å². The molecule has 6 rings (SSSR count). The number of hydrogen-bond donors (Lipinski definition) is 0. The first-order valence-electron chi connectivity index (χ1n) is 15.9. The van der Waals surface area contributed by atoms with E-state index in [1.165, 1.54) is 13.8 Å². The van der Waals surface area contributed by atoms with Crippen molar-refractivity contribution in [2.75, 3.05) is 11.9 Å². The van der Waals surface area contributed by atoms with Gasteiger partial charge in [-0.3, -0.25) is 19.2 Å². The van der Waals surface area contributed by atoms with Crippen LogP contribution < -0.4 is 5.56 Å². The zero-order valence-electron chi connectivity index (χ0n) is 27.2. The van der Waals surface area contributed by atoms with Gasteiger partial charge in [0.2, 0.25) is 5.60 Å². The van der Waals surface area contributed by atoms with E-state index < -0.39 is 48.0 Å². The lowest BCUT2D eigenvalue weighted by atomic mass is 9.85. The van der Waals surface area contributed by atoms with Gasteiger partial charge in [-0.25, -0.2) is 9.78 Å². The van der Waals surface area contributed by atoms with Crippen LogP contribution in [0.4, 0.5) is 0 Å². The largest absolute Gasteiger partial charge is 0.463 e. The summed E-state index contributed by atoms with van der Waals surface area (Å²) in [5.74, 6) is -2.31. The molecule has 0 spiro atoms. The van der Waals surface area contributed by atoms with Crippen molar-refractivity contribution in [3.8, 4) is 11.4 Å². The molecule has 49 heavy (non-hydrogen) atoms. The molecule has 0 aliphatic carbocycles. The molecule has 0 N–H and O–H groups in total. The number of ether oxygens (including phenoxy) is 6. The highest BCUT2D eigenvalue weighted by molar-refractivity contribution is 9.09. The molecular formula is C35H35BrN2O11. The number of nitrogens with zero attached hydrogens (tertiary/aromatic N) is 2. The molecule has 3 aliphatic heterocycles. The Morgan fingerprint density at radius 1 is 1.10 bits per heavy atom. The minimum atomic E-state index is -1.77. The fourth-order valence-corrected chi connectivity index (χ4v) is 6.69. The van der Waals surface area contributed by atoms with E-state index in [-0.39, 0.29) is 50.3 Å². The Balaban J connectivity index is 1.37. The molecule has 0 fully saturated rings. The van der Waals surface area contributed by atoms with Crippen molar-refractivity contribution in [1.29, 1.82) is 0 Å². The number of carbonyl (C=O) groups is 4. The smallest absolute Gasteiger partial charge is 0.355 e. The van der Waals surface area contributed by atoms with Gasteiger partial charge in [-0.1, -0.05) is 41.1 Å². The molecule has 1 unspecified atom stereocenters. The predicted octanol–water partition coefficient (Wildman–Crippen LogP) is 4.10. The average molecular weight is 740 g/mol. The van der Waals surface area contributed by atoms with Crippen LogP contribution in [0.2, 0.25) is 0 Å². The van der Waals surface area contributed by atoms with Gasteiger partial charge in [-0.15, -0.1) is 0 Å². The lowest BCUT2D eigenvalue weighted by molar-refractivity contribution is -0.200. The lowest BCUT2D eigenvalue weighted by Crippen LogP contribution is -2.47. The summed E-state index contributed by atoms with van der Waals surface area (Å²) < 4.78 is 35.6. The fourth-order valence-electron chi connectivity index (χ4n) is 6.41. The molecule has 13 nitrogen and oxygen atoms in total. The van der Waals surface area contributed by atoms with Crippen LogP contribution in [0.25, 0.3) is 22.3 Å². The van der Waals surface area contributed by atoms with Gasteiger partial charge in [0.05, 0.1) is 35.6 Å². The summed E-state index contributed by atoms with van der Waals surface area (Å²) in [5, 5.41) is 1.40. The lowest BCUT2D eigenvalue weighted by Gasteiger charge is -2.35. The maximum absolute atomic E-state index is 14.1. The van der Waals surface area contributed by atoms with Crippen molar-refractivity contribution >= 4 is 50.7 Å². The van der Waals surface area contributed by atoms with E-state index in [0.717, 1.165) is 16.5 Å². The molecule has 0 amide bonds. The highest BCUT2D eigenvalue weighted by Crippen LogP contribution is 2.42. The zero-order valence-corrected chi connectivity index (χ0v) is 28.8. The van der Waals surface area contributed by atoms with E-state index >= 15 is 0 Å². The molecule has 0 saturated carbocycles. The first-order valence-corrected chi connectivity index (χ1v) is 17.1. The van der Waals surface area contributed by atoms with Crippen molar-refractivity contribution in [3.63, 3.8) is 0 Å². The minimum Gasteiger partial charge on any atom is -0.463 e. The van der Waals surface area contributed by atoms with Crippen LogP contribution in [-0.4, -0.2) is 63.9 Å². The zero-order chi connectivity index (χ0) is 34.9. The number of esters is 4. The molecule has 4 atom stereocenters. The Morgan fingerprint density at radius 2 is 1.90 bits per heavy atom. The third-order valence-electron chi connectivity index (χ3n) is 8.76. The Hall–Kier alpha value is -4.40. The maximum Gasteiger partial charge on any atom is 0.355 e. The predicted molar refractivity (Wildman–Crippen MR) is 176 cm³/mol. The summed E-state index contributed by atoms with van der Waals surface area (Å²) >= 11 is 3.31. The van der Waals surface area contributed by atoms with Crippen molar-refractivity contribution in [3.05, 3.63) is 75.1 Å². The van der Waals surface area contributed by atoms with Gasteiger partial charge in [0.15, 0.2) is 6.29 Å². The van der Waals surface area contributed by atoms with Crippen LogP contribution >= 0.6 is 15.9 Å². The Morgan fingerprint density at radius 3 is 2.63 bits per heavy atom. The van der Waals surface area contributed by atoms with Crippen LogP contribution in [0.3, 0.4) is 0 Å². The van der Waals surface area contributed by atoms with Gasteiger partial charge < -0.3 is 33.0 Å². The highest BCUT2D eigenvalue weighted by atomic mass is 79.9. The van der Waals surface area contributed by atoms with E-state index in [4.69, 9.17) is 33.4 Å². The number of carbonyl (C=O) groups excluding carboxylic acids is 4. The second kappa shape index (κ2) is 14.2. The molecule has 0 saturated heterocycles. The molecule has 2 aromatic heterocycles. The van der Waals surface area contributed by atoms with Crippen molar-refractivity contribution in [2.45, 2.75) is 83.9 Å². The van der Waals surface area contributed by atoms with Crippen LogP contribution in [0.1, 0.15) is 62.3 Å². The molecule has 3 aliphatic rings. The van der Waals surface area contributed by atoms with E-state index in [2.05, 4.69) is 15.9 Å². The number of para-hydroxylation sites is 1. The number of alkyl halides is 1. The van der Waals surface area contributed by atoms with E-state index in [1.807, 2.05) is 24.3 Å². The second-order valence-corrected chi connectivity index (χ2v) is 12.7. The highest BCUT2D eigenvalue weighted by Gasteiger charge is 2.50. The fraction of sp³-hybridized carbons (Fsp3) is 0.429. The summed E-state index contributed by atoms with van der Waals surface area (Å²) in [6.45, 7) is 4.09. The van der Waals surface area contributed by atoms with Gasteiger partial charge >= 0.3 is 23.9 Å². The summed E-state index contributed by atoms with van der Waals surface area (Å²) in [6.07, 6.45) is 1.49. The number of cyclic esters (lactones) is 1. The molecule has 14 heteroatoms. The quantitative estimate of drug-likeness (QED) is 0.0941. The molecular weight excluding hydrogens is 704 g/mol. The minimum absolute atomic E-state index is 0.0486. The topological polar surface area (TPSA) is 159 Å². The van der Waals surface area contributed by atoms with Gasteiger partial charge in [-0.2, -0.15) is 0 Å². The standard InChI is InChI=1S/C35H35BrN2O11/c1-4-35(49-30(41)10-7-13-36)25-14-27-32-22(15-38(27)33(42)24(25)17-46-34(35)43)23(21-8-5-6-9-26(21)37-32)16-45-31-12-11-28(47-20(3)40)29(48-31)18-44-19(2)39/h5-6,8-9,11-12,14,28-29,31H,4,7,10,13,15-18H2,1-3H3/t28-,29?,31-,35-/m0/s1. The summed E-state index contributed by atoms with van der Waals surface area (Å²) in [6, 6.07) is 9.22. The summed E-state index contributed by atoms with van der Waals surface area (Å²) in [7, 11) is 0. The molecule has 5 heterocycles. The Bertz CT molecular complexity index is 1920. The maximum atomic E-state index is 14.1. The third-order valence-corrected chi connectivity index (χ3v) is 9.32. The molecule has 1 aromatic carbocycles. The van der Waals surface area contributed by atoms with Gasteiger partial charge in [0.25, 0.3) is 5.56 Å². The first-order chi connectivity index (χ1) is 23.6. The van der Waals surface area contributed by atoms with Crippen LogP contribution in [0.15, 0.2) is 47.3 Å². The van der Waals surface area contributed by atoms with Crippen LogP contribution in [0, 0.1) is 0 Å². The molecule has 0 radical (unpaired) electrons. The van der Waals surface area contributed by atoms with Gasteiger partial charge in [0.1, 0.15) is 25.4 Å². The Labute approximate surface area is 289 Å². The molecule has 0 bridgehead atoms. The van der Waals surface area contributed by atoms with Crippen molar-refractivity contribution in [2.24, 2.45) is 0 Å². The van der Waals surface area contributed by atoms with Crippen LogP contribution in [0.5, 0.6) is 0 Å².